The van der Waals surface area contributed by atoms with Crippen molar-refractivity contribution in [2.24, 2.45) is 0 Å². The highest BCUT2D eigenvalue weighted by molar-refractivity contribution is 5.96. The van der Waals surface area contributed by atoms with Crippen LogP contribution < -0.4 is 10.2 Å². The van der Waals surface area contributed by atoms with E-state index in [9.17, 15) is 9.59 Å². The Bertz CT molecular complexity index is 1100. The average Bonchev–Trinajstić information content (AvgIpc) is 2.82. The molecule has 32 heavy (non-hydrogen) atoms. The standard InChI is InChI=1S/C26H29N3O3/c1-19(23-11-5-7-20-6-2-3-10-24(20)23)27-26(32)21-8-4-9-22(18-21)29-16-14-28(15-17-29)13-12-25(30)31/h2-11,18-19H,12-17H2,1H3,(H,27,32)(H,30,31). The number of carboxylic acids is 1. The molecule has 1 fully saturated rings. The molecule has 6 nitrogen and oxygen atoms in total. The van der Waals surface area contributed by atoms with E-state index in [0.717, 1.165) is 48.2 Å². The van der Waals surface area contributed by atoms with Crippen LogP contribution in [-0.4, -0.2) is 54.6 Å². The van der Waals surface area contributed by atoms with E-state index in [1.807, 2.05) is 49.4 Å². The number of amides is 1. The second kappa shape index (κ2) is 9.83. The molecule has 4 rings (SSSR count). The Morgan fingerprint density at radius 3 is 2.47 bits per heavy atom. The highest BCUT2D eigenvalue weighted by atomic mass is 16.4. The van der Waals surface area contributed by atoms with Crippen molar-refractivity contribution >= 4 is 28.3 Å². The number of nitrogens with zero attached hydrogens (tertiary/aromatic N) is 2. The fourth-order valence-corrected chi connectivity index (χ4v) is 4.31. The Morgan fingerprint density at radius 1 is 0.969 bits per heavy atom. The molecule has 166 valence electrons. The Kier molecular flexibility index (Phi) is 6.71. The van der Waals surface area contributed by atoms with Crippen LogP contribution in [0.5, 0.6) is 0 Å². The topological polar surface area (TPSA) is 72.9 Å². The van der Waals surface area contributed by atoms with Crippen molar-refractivity contribution in [3.05, 3.63) is 77.9 Å². The summed E-state index contributed by atoms with van der Waals surface area (Å²) in [6, 6.07) is 22.0. The zero-order chi connectivity index (χ0) is 22.5. The molecule has 1 unspecified atom stereocenters. The number of rotatable bonds is 7. The molecule has 0 radical (unpaired) electrons. The van der Waals surface area contributed by atoms with Gasteiger partial charge in [-0.1, -0.05) is 48.5 Å². The molecule has 3 aromatic carbocycles. The number of nitrogens with one attached hydrogen (secondary N) is 1. The van der Waals surface area contributed by atoms with Gasteiger partial charge in [-0.15, -0.1) is 0 Å². The van der Waals surface area contributed by atoms with Gasteiger partial charge in [0.05, 0.1) is 12.5 Å². The largest absolute Gasteiger partial charge is 0.481 e. The van der Waals surface area contributed by atoms with Crippen molar-refractivity contribution in [2.75, 3.05) is 37.6 Å². The SMILES string of the molecule is CC(NC(=O)c1cccc(N2CCN(CCC(=O)O)CC2)c1)c1cccc2ccccc12. The summed E-state index contributed by atoms with van der Waals surface area (Å²) in [5.41, 5.74) is 2.77. The van der Waals surface area contributed by atoms with E-state index in [4.69, 9.17) is 5.11 Å². The number of anilines is 1. The van der Waals surface area contributed by atoms with Gasteiger partial charge < -0.3 is 15.3 Å². The van der Waals surface area contributed by atoms with Crippen LogP contribution in [0.25, 0.3) is 10.8 Å². The lowest BCUT2D eigenvalue weighted by atomic mass is 9.99. The molecule has 0 aliphatic carbocycles. The summed E-state index contributed by atoms with van der Waals surface area (Å²) in [5, 5.41) is 14.3. The van der Waals surface area contributed by atoms with E-state index in [0.29, 0.717) is 12.1 Å². The highest BCUT2D eigenvalue weighted by Gasteiger charge is 2.19. The number of fused-ring (bicyclic) bond motifs is 1. The fourth-order valence-electron chi connectivity index (χ4n) is 4.31. The number of hydrogen-bond acceptors (Lipinski definition) is 4. The second-order valence-corrected chi connectivity index (χ2v) is 8.29. The molecular weight excluding hydrogens is 402 g/mol. The zero-order valence-electron chi connectivity index (χ0n) is 18.3. The van der Waals surface area contributed by atoms with Crippen LogP contribution in [0, 0.1) is 0 Å². The number of carbonyl (C=O) groups is 2. The number of carbonyl (C=O) groups excluding carboxylic acids is 1. The quantitative estimate of drug-likeness (QED) is 0.593. The van der Waals surface area contributed by atoms with Gasteiger partial charge in [0.15, 0.2) is 0 Å². The van der Waals surface area contributed by atoms with E-state index in [-0.39, 0.29) is 18.4 Å². The Labute approximate surface area is 188 Å². The summed E-state index contributed by atoms with van der Waals surface area (Å²) in [5.74, 6) is -0.851. The monoisotopic (exact) mass is 431 g/mol. The average molecular weight is 432 g/mol. The van der Waals surface area contributed by atoms with Gasteiger partial charge in [-0.3, -0.25) is 14.5 Å². The third-order valence-electron chi connectivity index (χ3n) is 6.13. The molecule has 0 aromatic heterocycles. The van der Waals surface area contributed by atoms with Gasteiger partial charge in [-0.05, 0) is 41.5 Å². The van der Waals surface area contributed by atoms with E-state index in [1.165, 1.54) is 0 Å². The molecule has 1 aliphatic rings. The van der Waals surface area contributed by atoms with E-state index < -0.39 is 5.97 Å². The van der Waals surface area contributed by atoms with Crippen LogP contribution in [0.15, 0.2) is 66.7 Å². The van der Waals surface area contributed by atoms with E-state index in [1.54, 1.807) is 0 Å². The zero-order valence-corrected chi connectivity index (χ0v) is 18.3. The van der Waals surface area contributed by atoms with Crippen LogP contribution in [0.4, 0.5) is 5.69 Å². The predicted octanol–water partition coefficient (Wildman–Crippen LogP) is 3.93. The summed E-state index contributed by atoms with van der Waals surface area (Å²) in [4.78, 5) is 28.2. The fraction of sp³-hybridized carbons (Fsp3) is 0.308. The molecule has 1 amide bonds. The maximum Gasteiger partial charge on any atom is 0.304 e. The van der Waals surface area contributed by atoms with Crippen LogP contribution in [0.2, 0.25) is 0 Å². The van der Waals surface area contributed by atoms with Gasteiger partial charge in [0.2, 0.25) is 0 Å². The first-order chi connectivity index (χ1) is 15.5. The van der Waals surface area contributed by atoms with Gasteiger partial charge in [-0.25, -0.2) is 0 Å². The van der Waals surface area contributed by atoms with Crippen molar-refractivity contribution in [3.8, 4) is 0 Å². The molecule has 2 N–H and O–H groups in total. The molecule has 1 atom stereocenters. The molecule has 0 spiro atoms. The van der Waals surface area contributed by atoms with Crippen molar-refractivity contribution < 1.29 is 14.7 Å². The second-order valence-electron chi connectivity index (χ2n) is 8.29. The van der Waals surface area contributed by atoms with Crippen LogP contribution >= 0.6 is 0 Å². The van der Waals surface area contributed by atoms with Gasteiger partial charge >= 0.3 is 5.97 Å². The molecule has 3 aromatic rings. The lowest BCUT2D eigenvalue weighted by molar-refractivity contribution is -0.137. The van der Waals surface area contributed by atoms with Crippen molar-refractivity contribution in [2.45, 2.75) is 19.4 Å². The third kappa shape index (κ3) is 5.08. The Morgan fingerprint density at radius 2 is 1.69 bits per heavy atom. The van der Waals surface area contributed by atoms with Gasteiger partial charge in [0, 0.05) is 44.0 Å². The third-order valence-corrected chi connectivity index (χ3v) is 6.13. The number of aliphatic carboxylic acids is 1. The number of carboxylic acid groups (broad SMARTS) is 1. The maximum atomic E-state index is 13.0. The normalized spacial score (nSPS) is 15.5. The predicted molar refractivity (Wildman–Crippen MR) is 127 cm³/mol. The van der Waals surface area contributed by atoms with Gasteiger partial charge in [0.1, 0.15) is 0 Å². The molecule has 0 bridgehead atoms. The molecule has 0 saturated carbocycles. The van der Waals surface area contributed by atoms with E-state index in [2.05, 4.69) is 39.4 Å². The van der Waals surface area contributed by atoms with Crippen molar-refractivity contribution in [1.29, 1.82) is 0 Å². The minimum Gasteiger partial charge on any atom is -0.481 e. The number of piperazine rings is 1. The summed E-state index contributed by atoms with van der Waals surface area (Å²) < 4.78 is 0. The first-order valence-electron chi connectivity index (χ1n) is 11.1. The first kappa shape index (κ1) is 21.8. The number of benzene rings is 3. The molecule has 1 saturated heterocycles. The van der Waals surface area contributed by atoms with Crippen LogP contribution in [0.1, 0.15) is 35.3 Å². The lowest BCUT2D eigenvalue weighted by Crippen LogP contribution is -2.47. The summed E-state index contributed by atoms with van der Waals surface area (Å²) in [7, 11) is 0. The van der Waals surface area contributed by atoms with Crippen molar-refractivity contribution in [1.82, 2.24) is 10.2 Å². The molecule has 1 heterocycles. The van der Waals surface area contributed by atoms with Crippen LogP contribution in [-0.2, 0) is 4.79 Å². The molecule has 6 heteroatoms. The maximum absolute atomic E-state index is 13.0. The molecular formula is C26H29N3O3. The Balaban J connectivity index is 1.41. The van der Waals surface area contributed by atoms with Crippen molar-refractivity contribution in [3.63, 3.8) is 0 Å². The summed E-state index contributed by atoms with van der Waals surface area (Å²) in [6.07, 6.45) is 0.171. The van der Waals surface area contributed by atoms with Gasteiger partial charge in [-0.2, -0.15) is 0 Å². The highest BCUT2D eigenvalue weighted by Crippen LogP contribution is 2.25. The van der Waals surface area contributed by atoms with Gasteiger partial charge in [0.25, 0.3) is 5.91 Å². The smallest absolute Gasteiger partial charge is 0.304 e. The first-order valence-corrected chi connectivity index (χ1v) is 11.1. The molecule has 1 aliphatic heterocycles. The van der Waals surface area contributed by atoms with Crippen LogP contribution in [0.3, 0.4) is 0 Å². The number of hydrogen-bond donors (Lipinski definition) is 2. The van der Waals surface area contributed by atoms with E-state index >= 15 is 0 Å². The minimum atomic E-state index is -0.760. The lowest BCUT2D eigenvalue weighted by Gasteiger charge is -2.36. The summed E-state index contributed by atoms with van der Waals surface area (Å²) in [6.45, 7) is 5.87. The Hall–Kier alpha value is -3.38. The minimum absolute atomic E-state index is 0.0904. The summed E-state index contributed by atoms with van der Waals surface area (Å²) >= 11 is 0.